The Kier molecular flexibility index (Phi) is 7.26. The van der Waals surface area contributed by atoms with Crippen LogP contribution in [0.3, 0.4) is 0 Å². The van der Waals surface area contributed by atoms with Gasteiger partial charge in [-0.25, -0.2) is 4.39 Å². The molecule has 3 aromatic carbocycles. The lowest BCUT2D eigenvalue weighted by atomic mass is 9.89. The van der Waals surface area contributed by atoms with Crippen molar-refractivity contribution in [2.75, 3.05) is 37.3 Å². The second kappa shape index (κ2) is 10.6. The fraction of sp³-hybridized carbons (Fsp3) is 0.333. The van der Waals surface area contributed by atoms with Crippen LogP contribution in [0.5, 0.6) is 0 Å². The number of rotatable bonds is 8. The van der Waals surface area contributed by atoms with Gasteiger partial charge in [0.05, 0.1) is 0 Å². The third kappa shape index (κ3) is 4.72. The fourth-order valence-electron chi connectivity index (χ4n) is 5.55. The van der Waals surface area contributed by atoms with Crippen LogP contribution in [-0.2, 0) is 16.0 Å². The zero-order valence-electron chi connectivity index (χ0n) is 20.5. The molecule has 2 aliphatic rings. The number of hydrogen-bond donors (Lipinski definition) is 0. The minimum atomic E-state index is -0.619. The molecule has 186 valence electrons. The Morgan fingerprint density at radius 2 is 1.61 bits per heavy atom. The van der Waals surface area contributed by atoms with Crippen molar-refractivity contribution < 1.29 is 14.0 Å². The van der Waals surface area contributed by atoms with Crippen molar-refractivity contribution in [1.82, 2.24) is 4.90 Å². The van der Waals surface area contributed by atoms with Crippen molar-refractivity contribution in [1.29, 1.82) is 0 Å². The molecule has 1 saturated heterocycles. The van der Waals surface area contributed by atoms with Crippen molar-refractivity contribution in [3.05, 3.63) is 101 Å². The molecule has 1 amide bonds. The molecule has 0 saturated carbocycles. The average molecular weight is 503 g/mol. The van der Waals surface area contributed by atoms with Crippen molar-refractivity contribution in [3.8, 4) is 0 Å². The number of nitrogens with zero attached hydrogens (tertiary/aromatic N) is 2. The Balaban J connectivity index is 1.24. The second-order valence-electron chi connectivity index (χ2n) is 9.65. The minimum absolute atomic E-state index is 0.0316. The number of halogens is 1. The second-order valence-corrected chi connectivity index (χ2v) is 10.8. The first-order valence-corrected chi connectivity index (χ1v) is 13.8. The van der Waals surface area contributed by atoms with Gasteiger partial charge in [-0.2, -0.15) is 0 Å². The van der Waals surface area contributed by atoms with Crippen LogP contribution in [0.2, 0.25) is 0 Å². The predicted octanol–water partition coefficient (Wildman–Crippen LogP) is 5.57. The summed E-state index contributed by atoms with van der Waals surface area (Å²) in [4.78, 5) is 31.1. The number of anilines is 1. The number of hydrogen-bond acceptors (Lipinski definition) is 4. The average Bonchev–Trinajstić information content (AvgIpc) is 3.15. The Labute approximate surface area is 216 Å². The smallest absolute Gasteiger partial charge is 0.248 e. The molecule has 1 fully saturated rings. The van der Waals surface area contributed by atoms with Crippen LogP contribution in [0.1, 0.15) is 34.3 Å². The lowest BCUT2D eigenvalue weighted by molar-refractivity contribution is -0.120. The number of piperidine rings is 1. The highest BCUT2D eigenvalue weighted by atomic mass is 32.2. The van der Waals surface area contributed by atoms with Gasteiger partial charge in [-0.1, -0.05) is 48.5 Å². The van der Waals surface area contributed by atoms with Gasteiger partial charge in [0.15, 0.2) is 5.78 Å². The van der Waals surface area contributed by atoms with Crippen LogP contribution in [0.15, 0.2) is 78.9 Å². The van der Waals surface area contributed by atoms with E-state index in [4.69, 9.17) is 0 Å². The molecule has 0 aliphatic carbocycles. The van der Waals surface area contributed by atoms with E-state index in [2.05, 4.69) is 29.2 Å². The number of fused-ring (bicyclic) bond motifs is 1. The van der Waals surface area contributed by atoms with Crippen molar-refractivity contribution >= 4 is 29.1 Å². The van der Waals surface area contributed by atoms with Gasteiger partial charge in [-0.05, 0) is 68.1 Å². The zero-order chi connectivity index (χ0) is 25.1. The van der Waals surface area contributed by atoms with Crippen molar-refractivity contribution in [2.45, 2.75) is 24.0 Å². The maximum Gasteiger partial charge on any atom is 0.248 e. The summed E-state index contributed by atoms with van der Waals surface area (Å²) < 4.78 is 12.6. The van der Waals surface area contributed by atoms with E-state index in [1.165, 1.54) is 12.1 Å². The Bertz CT molecular complexity index is 1230. The van der Waals surface area contributed by atoms with E-state index in [9.17, 15) is 14.0 Å². The van der Waals surface area contributed by atoms with Gasteiger partial charge in [0, 0.05) is 42.2 Å². The highest BCUT2D eigenvalue weighted by Gasteiger charge is 2.50. The molecule has 0 bridgehead atoms. The third-order valence-electron chi connectivity index (χ3n) is 7.59. The van der Waals surface area contributed by atoms with Gasteiger partial charge in [0.1, 0.15) is 10.6 Å². The molecule has 3 aromatic rings. The van der Waals surface area contributed by atoms with Gasteiger partial charge >= 0.3 is 0 Å². The Hall–Kier alpha value is -2.96. The van der Waals surface area contributed by atoms with E-state index in [1.54, 1.807) is 23.9 Å². The fourth-order valence-corrected chi connectivity index (χ4v) is 6.54. The first-order valence-electron chi connectivity index (χ1n) is 12.5. The molecule has 0 N–H and O–H groups in total. The standard InChI is InChI=1S/C30H31FN2O2S/c1-36-30(21-22-7-3-2-4-8-22)26-9-5-6-10-27(26)33(29(30)35)20-19-32-17-15-24(16-18-32)28(34)23-11-13-25(31)14-12-23/h2-14,24H,15-21H2,1H3. The maximum absolute atomic E-state index is 13.9. The summed E-state index contributed by atoms with van der Waals surface area (Å²) in [6.45, 7) is 3.04. The number of thioether (sulfide) groups is 1. The van der Waals surface area contributed by atoms with Gasteiger partial charge in [-0.3, -0.25) is 9.59 Å². The number of carbonyl (C=O) groups excluding carboxylic acids is 2. The van der Waals surface area contributed by atoms with E-state index >= 15 is 0 Å². The number of likely N-dealkylation sites (tertiary alicyclic amines) is 1. The quantitative estimate of drug-likeness (QED) is 0.378. The van der Waals surface area contributed by atoms with Crippen LogP contribution in [0, 0.1) is 11.7 Å². The maximum atomic E-state index is 13.9. The third-order valence-corrected chi connectivity index (χ3v) is 8.83. The first kappa shape index (κ1) is 24.7. The molecular formula is C30H31FN2O2S. The topological polar surface area (TPSA) is 40.6 Å². The van der Waals surface area contributed by atoms with Crippen molar-refractivity contribution in [2.24, 2.45) is 5.92 Å². The highest BCUT2D eigenvalue weighted by molar-refractivity contribution is 8.00. The number of ketones is 1. The van der Waals surface area contributed by atoms with E-state index in [0.717, 1.165) is 49.3 Å². The largest absolute Gasteiger partial charge is 0.309 e. The van der Waals surface area contributed by atoms with Crippen LogP contribution >= 0.6 is 11.8 Å². The summed E-state index contributed by atoms with van der Waals surface area (Å²) in [7, 11) is 0. The summed E-state index contributed by atoms with van der Waals surface area (Å²) in [5.41, 5.74) is 3.84. The molecule has 4 nitrogen and oxygen atoms in total. The Morgan fingerprint density at radius 3 is 2.31 bits per heavy atom. The number of benzene rings is 3. The van der Waals surface area contributed by atoms with E-state index in [1.807, 2.05) is 41.5 Å². The number of carbonyl (C=O) groups is 2. The highest BCUT2D eigenvalue weighted by Crippen LogP contribution is 2.49. The van der Waals surface area contributed by atoms with Crippen LogP contribution < -0.4 is 4.90 Å². The molecule has 1 unspecified atom stereocenters. The first-order chi connectivity index (χ1) is 17.5. The molecule has 0 aromatic heterocycles. The molecule has 6 heteroatoms. The summed E-state index contributed by atoms with van der Waals surface area (Å²) in [5.74, 6) is -0.102. The molecule has 0 spiro atoms. The number of Topliss-reactive ketones (excluding diaryl/α,β-unsaturated/α-hetero) is 1. The molecular weight excluding hydrogens is 471 g/mol. The number of amides is 1. The van der Waals surface area contributed by atoms with Gasteiger partial charge < -0.3 is 9.80 Å². The summed E-state index contributed by atoms with van der Waals surface area (Å²) in [6, 6.07) is 24.3. The van der Waals surface area contributed by atoms with E-state index in [0.29, 0.717) is 18.5 Å². The molecule has 1 atom stereocenters. The lowest BCUT2D eigenvalue weighted by Crippen LogP contribution is -2.45. The summed E-state index contributed by atoms with van der Waals surface area (Å²) in [5, 5.41) is 0. The SMILES string of the molecule is CSC1(Cc2ccccc2)C(=O)N(CCN2CCC(C(=O)c3ccc(F)cc3)CC2)c2ccccc21. The van der Waals surface area contributed by atoms with Crippen molar-refractivity contribution in [3.63, 3.8) is 0 Å². The normalized spacial score (nSPS) is 20.5. The molecule has 0 radical (unpaired) electrons. The molecule has 2 aliphatic heterocycles. The summed E-state index contributed by atoms with van der Waals surface area (Å²) >= 11 is 1.63. The van der Waals surface area contributed by atoms with E-state index in [-0.39, 0.29) is 23.4 Å². The molecule has 5 rings (SSSR count). The lowest BCUT2D eigenvalue weighted by Gasteiger charge is -2.33. The van der Waals surface area contributed by atoms with Crippen LogP contribution in [-0.4, -0.2) is 49.0 Å². The zero-order valence-corrected chi connectivity index (χ0v) is 21.3. The number of para-hydroxylation sites is 1. The van der Waals surface area contributed by atoms with Gasteiger partial charge in [-0.15, -0.1) is 11.8 Å². The van der Waals surface area contributed by atoms with Gasteiger partial charge in [0.25, 0.3) is 0 Å². The summed E-state index contributed by atoms with van der Waals surface area (Å²) in [6.07, 6.45) is 4.26. The predicted molar refractivity (Wildman–Crippen MR) is 144 cm³/mol. The van der Waals surface area contributed by atoms with Gasteiger partial charge in [0.2, 0.25) is 5.91 Å². The molecule has 2 heterocycles. The monoisotopic (exact) mass is 502 g/mol. The van der Waals surface area contributed by atoms with Crippen LogP contribution in [0.25, 0.3) is 0 Å². The minimum Gasteiger partial charge on any atom is -0.309 e. The molecule has 36 heavy (non-hydrogen) atoms. The Morgan fingerprint density at radius 1 is 0.944 bits per heavy atom. The van der Waals surface area contributed by atoms with E-state index < -0.39 is 4.75 Å². The van der Waals surface area contributed by atoms with Crippen LogP contribution in [0.4, 0.5) is 10.1 Å².